The van der Waals surface area contributed by atoms with Gasteiger partial charge < -0.3 is 10.3 Å². The van der Waals surface area contributed by atoms with E-state index in [-0.39, 0.29) is 0 Å². The Labute approximate surface area is 164 Å². The molecule has 0 amide bonds. The number of hydrogen-bond acceptors (Lipinski definition) is 4. The highest BCUT2D eigenvalue weighted by Gasteiger charge is 2.20. The number of pyridine rings is 1. The van der Waals surface area contributed by atoms with E-state index in [1.807, 2.05) is 13.1 Å². The Bertz CT molecular complexity index is 1050. The molecule has 1 unspecified atom stereocenters. The lowest BCUT2D eigenvalue weighted by Gasteiger charge is -2.20. The Morgan fingerprint density at radius 2 is 1.93 bits per heavy atom. The van der Waals surface area contributed by atoms with Gasteiger partial charge in [-0.1, -0.05) is 18.2 Å². The van der Waals surface area contributed by atoms with E-state index in [0.29, 0.717) is 6.04 Å². The lowest BCUT2D eigenvalue weighted by atomic mass is 9.96. The third kappa shape index (κ3) is 5.39. The molecular weight excluding hydrogens is 378 g/mol. The molecule has 8 heteroatoms. The molecule has 3 aromatic rings. The zero-order chi connectivity index (χ0) is 20.3. The molecular formula is C20H25N3O4S. The average Bonchev–Trinajstić information content (AvgIpc) is 2.97. The highest BCUT2D eigenvalue weighted by atomic mass is 32.3. The van der Waals surface area contributed by atoms with Crippen LogP contribution in [-0.4, -0.2) is 33.5 Å². The summed E-state index contributed by atoms with van der Waals surface area (Å²) >= 11 is 0. The van der Waals surface area contributed by atoms with Gasteiger partial charge in [0, 0.05) is 47.5 Å². The van der Waals surface area contributed by atoms with Gasteiger partial charge in [-0.25, -0.2) is 0 Å². The van der Waals surface area contributed by atoms with Crippen LogP contribution in [0.4, 0.5) is 0 Å². The third-order valence-corrected chi connectivity index (χ3v) is 4.90. The summed E-state index contributed by atoms with van der Waals surface area (Å²) in [4.78, 5) is 8.05. The fourth-order valence-electron chi connectivity index (χ4n) is 3.61. The highest BCUT2D eigenvalue weighted by Crippen LogP contribution is 2.29. The van der Waals surface area contributed by atoms with Crippen molar-refractivity contribution in [3.8, 4) is 0 Å². The van der Waals surface area contributed by atoms with Gasteiger partial charge in [-0.2, -0.15) is 8.42 Å². The summed E-state index contributed by atoms with van der Waals surface area (Å²) in [7, 11) is -4.67. The van der Waals surface area contributed by atoms with Crippen LogP contribution in [0.25, 0.3) is 10.9 Å². The number of H-pyrrole nitrogens is 1. The average molecular weight is 404 g/mol. The number of nitrogens with zero attached hydrogens (tertiary/aromatic N) is 1. The molecule has 1 aliphatic heterocycles. The van der Waals surface area contributed by atoms with E-state index in [1.165, 1.54) is 33.3 Å². The van der Waals surface area contributed by atoms with Gasteiger partial charge in [0.1, 0.15) is 0 Å². The standard InChI is InChI=1S/C20H23N3.H2O4S/c1-13-6-7-15(11-21-13)8-9-16-4-3-5-18-20(16)17-12-22-14(2)10-19(17)23-18;1-5(2,3)4/h3-7,11,14,22-23H,8-10,12H2,1-2H3;(H2,1,2,3,4). The number of aromatic nitrogens is 2. The molecule has 0 saturated carbocycles. The minimum Gasteiger partial charge on any atom is -0.358 e. The number of aryl methyl sites for hydroxylation is 3. The summed E-state index contributed by atoms with van der Waals surface area (Å²) in [6.45, 7) is 5.25. The van der Waals surface area contributed by atoms with Gasteiger partial charge in [-0.3, -0.25) is 14.1 Å². The fourth-order valence-corrected chi connectivity index (χ4v) is 3.61. The molecule has 0 fully saturated rings. The summed E-state index contributed by atoms with van der Waals surface area (Å²) in [6, 6.07) is 11.5. The van der Waals surface area contributed by atoms with Gasteiger partial charge >= 0.3 is 10.4 Å². The fraction of sp³-hybridized carbons (Fsp3) is 0.350. The maximum absolute atomic E-state index is 8.74. The predicted molar refractivity (Wildman–Crippen MR) is 109 cm³/mol. The van der Waals surface area contributed by atoms with E-state index < -0.39 is 10.4 Å². The van der Waals surface area contributed by atoms with Gasteiger partial charge in [0.2, 0.25) is 0 Å². The molecule has 4 rings (SSSR count). The van der Waals surface area contributed by atoms with Gasteiger partial charge in [0.15, 0.2) is 0 Å². The number of aromatic amines is 1. The molecule has 0 saturated heterocycles. The van der Waals surface area contributed by atoms with Crippen LogP contribution >= 0.6 is 0 Å². The van der Waals surface area contributed by atoms with E-state index in [1.54, 1.807) is 0 Å². The molecule has 150 valence electrons. The number of hydrogen-bond donors (Lipinski definition) is 4. The van der Waals surface area contributed by atoms with E-state index in [4.69, 9.17) is 17.5 Å². The van der Waals surface area contributed by atoms with Gasteiger partial charge in [-0.05, 0) is 55.5 Å². The number of fused-ring (bicyclic) bond motifs is 3. The molecule has 2 aromatic heterocycles. The summed E-state index contributed by atoms with van der Waals surface area (Å²) in [5, 5.41) is 5.03. The lowest BCUT2D eigenvalue weighted by Crippen LogP contribution is -2.32. The SMILES string of the molecule is Cc1ccc(CCc2cccc3[nH]c4c(c23)CNC(C)C4)cn1.O=S(=O)(O)O. The second kappa shape index (κ2) is 8.40. The van der Waals surface area contributed by atoms with Crippen molar-refractivity contribution in [2.75, 3.05) is 0 Å². The van der Waals surface area contributed by atoms with E-state index in [9.17, 15) is 0 Å². The molecule has 1 aliphatic rings. The first kappa shape index (κ1) is 20.5. The predicted octanol–water partition coefficient (Wildman–Crippen LogP) is 3.04. The molecule has 7 nitrogen and oxygen atoms in total. The monoisotopic (exact) mass is 403 g/mol. The number of benzene rings is 1. The highest BCUT2D eigenvalue weighted by molar-refractivity contribution is 7.79. The minimum absolute atomic E-state index is 0.553. The summed E-state index contributed by atoms with van der Waals surface area (Å²) in [6.07, 6.45) is 5.19. The first-order valence-corrected chi connectivity index (χ1v) is 10.6. The van der Waals surface area contributed by atoms with Crippen LogP contribution in [0.3, 0.4) is 0 Å². The first-order valence-electron chi connectivity index (χ1n) is 9.17. The minimum atomic E-state index is -4.67. The zero-order valence-corrected chi connectivity index (χ0v) is 16.8. The summed E-state index contributed by atoms with van der Waals surface area (Å²) in [5.41, 5.74) is 7.99. The van der Waals surface area contributed by atoms with Crippen LogP contribution in [0.2, 0.25) is 0 Å². The third-order valence-electron chi connectivity index (χ3n) is 4.90. The van der Waals surface area contributed by atoms with Crippen molar-refractivity contribution < 1.29 is 17.5 Å². The molecule has 0 spiro atoms. The lowest BCUT2D eigenvalue weighted by molar-refractivity contribution is 0.381. The van der Waals surface area contributed by atoms with Crippen LogP contribution in [0.5, 0.6) is 0 Å². The normalized spacial score (nSPS) is 16.4. The largest absolute Gasteiger partial charge is 0.394 e. The van der Waals surface area contributed by atoms with Gasteiger partial charge in [0.05, 0.1) is 0 Å². The first-order chi connectivity index (χ1) is 13.2. The van der Waals surface area contributed by atoms with Crippen LogP contribution in [0.1, 0.15) is 35.0 Å². The second-order valence-electron chi connectivity index (χ2n) is 7.16. The van der Waals surface area contributed by atoms with Crippen LogP contribution < -0.4 is 5.32 Å². The van der Waals surface area contributed by atoms with E-state index >= 15 is 0 Å². The number of nitrogens with one attached hydrogen (secondary N) is 2. The molecule has 3 heterocycles. The molecule has 4 N–H and O–H groups in total. The zero-order valence-electron chi connectivity index (χ0n) is 15.9. The molecule has 0 bridgehead atoms. The van der Waals surface area contributed by atoms with Crippen LogP contribution in [0, 0.1) is 6.92 Å². The maximum Gasteiger partial charge on any atom is 0.394 e. The van der Waals surface area contributed by atoms with Crippen molar-refractivity contribution in [3.05, 3.63) is 64.6 Å². The van der Waals surface area contributed by atoms with Crippen molar-refractivity contribution in [2.24, 2.45) is 0 Å². The second-order valence-corrected chi connectivity index (χ2v) is 8.06. The van der Waals surface area contributed by atoms with E-state index in [0.717, 1.165) is 31.5 Å². The Balaban J connectivity index is 0.000000403. The van der Waals surface area contributed by atoms with Crippen LogP contribution in [-0.2, 0) is 36.2 Å². The Morgan fingerprint density at radius 3 is 2.61 bits per heavy atom. The smallest absolute Gasteiger partial charge is 0.358 e. The number of rotatable bonds is 3. The molecule has 1 atom stereocenters. The van der Waals surface area contributed by atoms with Gasteiger partial charge in [-0.15, -0.1) is 0 Å². The van der Waals surface area contributed by atoms with Crippen molar-refractivity contribution in [1.29, 1.82) is 0 Å². The molecule has 0 aliphatic carbocycles. The van der Waals surface area contributed by atoms with Crippen molar-refractivity contribution in [3.63, 3.8) is 0 Å². The molecule has 1 aromatic carbocycles. The Hall–Kier alpha value is -2.26. The van der Waals surface area contributed by atoms with Crippen molar-refractivity contribution in [1.82, 2.24) is 15.3 Å². The molecule has 28 heavy (non-hydrogen) atoms. The van der Waals surface area contributed by atoms with Crippen molar-refractivity contribution in [2.45, 2.75) is 45.7 Å². The van der Waals surface area contributed by atoms with Crippen LogP contribution in [0.15, 0.2) is 36.5 Å². The Kier molecular flexibility index (Phi) is 6.14. The summed E-state index contributed by atoms with van der Waals surface area (Å²) in [5.74, 6) is 0. The van der Waals surface area contributed by atoms with Gasteiger partial charge in [0.25, 0.3) is 0 Å². The maximum atomic E-state index is 8.74. The quantitative estimate of drug-likeness (QED) is 0.500. The topological polar surface area (TPSA) is 115 Å². The van der Waals surface area contributed by atoms with Crippen molar-refractivity contribution >= 4 is 21.3 Å². The summed E-state index contributed by atoms with van der Waals surface area (Å²) < 4.78 is 31.6. The van der Waals surface area contributed by atoms with E-state index in [2.05, 4.69) is 52.5 Å². The molecule has 0 radical (unpaired) electrons. The Morgan fingerprint density at radius 1 is 1.18 bits per heavy atom.